The topological polar surface area (TPSA) is 407 Å². The fourth-order valence-electron chi connectivity index (χ4n) is 5.17. The van der Waals surface area contributed by atoms with Crippen LogP contribution in [0.4, 0.5) is 11.9 Å². The van der Waals surface area contributed by atoms with E-state index in [9.17, 15) is 53.3 Å². The van der Waals surface area contributed by atoms with Crippen molar-refractivity contribution in [1.29, 1.82) is 0 Å². The second kappa shape index (κ2) is 15.7. The van der Waals surface area contributed by atoms with Crippen LogP contribution in [0.15, 0.2) is 22.2 Å². The van der Waals surface area contributed by atoms with Gasteiger partial charge in [0.05, 0.1) is 33.2 Å². The van der Waals surface area contributed by atoms with Crippen LogP contribution in [-0.2, 0) is 52.6 Å². The van der Waals surface area contributed by atoms with E-state index in [0.717, 1.165) is 10.9 Å². The van der Waals surface area contributed by atoms with E-state index in [0.29, 0.717) is 0 Å². The monoisotopic (exact) mass is 819 g/mol. The highest BCUT2D eigenvalue weighted by molar-refractivity contribution is 7.66. The molecule has 5 rings (SSSR count). The third-order valence-corrected chi connectivity index (χ3v) is 11.6. The molecule has 9 atom stereocenters. The molecule has 5 heterocycles. The number of nitrogens with zero attached hydrogens (tertiary/aromatic N) is 6. The number of imidazole rings is 2. The maximum absolute atomic E-state index is 12.6. The van der Waals surface area contributed by atoms with Gasteiger partial charge in [0.1, 0.15) is 31.0 Å². The minimum absolute atomic E-state index is 0.0241. The first-order chi connectivity index (χ1) is 24.8. The van der Waals surface area contributed by atoms with Crippen molar-refractivity contribution in [1.82, 2.24) is 34.1 Å². The van der Waals surface area contributed by atoms with Gasteiger partial charge in [0, 0.05) is 7.11 Å². The van der Waals surface area contributed by atoms with Gasteiger partial charge in [-0.2, -0.15) is 13.6 Å². The lowest BCUT2D eigenvalue weighted by Crippen LogP contribution is -2.46. The van der Waals surface area contributed by atoms with Gasteiger partial charge in [0.25, 0.3) is 17.1 Å². The normalized spacial score (nSPS) is 23.8. The summed E-state index contributed by atoms with van der Waals surface area (Å²) < 4.78 is 75.1. The number of nitrogens with two attached hydrogens (primary N) is 2. The molecule has 1 aliphatic heterocycles. The average molecular weight is 819 g/mol. The lowest BCUT2D eigenvalue weighted by molar-refractivity contribution is -0.746. The van der Waals surface area contributed by atoms with Crippen molar-refractivity contribution in [2.75, 3.05) is 45.0 Å². The van der Waals surface area contributed by atoms with Gasteiger partial charge in [-0.15, -0.1) is 0 Å². The highest BCUT2D eigenvalue weighted by Gasteiger charge is 2.48. The number of methoxy groups -OCH3 is 1. The van der Waals surface area contributed by atoms with Crippen molar-refractivity contribution < 1.29 is 80.1 Å². The molecule has 0 aliphatic carbocycles. The van der Waals surface area contributed by atoms with E-state index in [1.165, 1.54) is 29.6 Å². The lowest BCUT2D eigenvalue weighted by atomic mass is 10.1. The number of aromatic amines is 2. The van der Waals surface area contributed by atoms with Crippen LogP contribution in [-0.4, -0.2) is 122 Å². The Hall–Kier alpha value is -3.53. The van der Waals surface area contributed by atoms with Crippen molar-refractivity contribution in [2.24, 2.45) is 7.05 Å². The van der Waals surface area contributed by atoms with Crippen LogP contribution in [0.1, 0.15) is 12.5 Å². The molecule has 1 saturated heterocycles. The molecule has 28 nitrogen and oxygen atoms in total. The van der Waals surface area contributed by atoms with Crippen LogP contribution in [0.2, 0.25) is 0 Å². The summed E-state index contributed by atoms with van der Waals surface area (Å²) in [6.45, 7) is -3.77. The molecule has 0 amide bonds. The highest BCUT2D eigenvalue weighted by Crippen LogP contribution is 2.67. The Bertz CT molecular complexity index is 2230. The SMILES string of the molecule is CO[C@@H]1[C@H](O)[C@@H](COP(=O)(O)OP(=O)(O)OP(=O)(O)OCC(CO)O[C@H](CO)[n+]2cn(C)c3c(=O)[nH]c(N)nc32)O[C@H]1n1cnc2c(=O)[nH]c(N)nc21. The maximum atomic E-state index is 12.6. The Morgan fingerprint density at radius 1 is 1.00 bits per heavy atom. The smallest absolute Gasteiger partial charge is 0.394 e. The van der Waals surface area contributed by atoms with Gasteiger partial charge in [0.15, 0.2) is 23.7 Å². The Labute approximate surface area is 294 Å². The quantitative estimate of drug-likeness (QED) is 0.0363. The van der Waals surface area contributed by atoms with Crippen LogP contribution in [0.5, 0.6) is 0 Å². The summed E-state index contributed by atoms with van der Waals surface area (Å²) in [7, 11) is -14.6. The van der Waals surface area contributed by atoms with Gasteiger partial charge in [0.2, 0.25) is 17.7 Å². The third kappa shape index (κ3) is 9.06. The first-order valence-electron chi connectivity index (χ1n) is 14.7. The first-order valence-corrected chi connectivity index (χ1v) is 19.2. The standard InChI is InChI=1S/C22H33N10O18P3/c1-30-8-32(17-13(30)19(37)29-22(24)27-17)11(4-34)47-9(3-33)5-45-51(38,39)49-53(42,43)50-52(40,41)46-6-10-14(35)15(44-2)20(48-10)31-7-25-12-16(31)26-21(23)28-18(12)36/h7-11,14-15,20,33-35H,3-6H2,1-2H3,(H8-,23,24,26,27,28,29,36,37,38,39,40,41,42,43)/p+1/t9?,10-,11-,14-,15-,20-/m1/s1. The van der Waals surface area contributed by atoms with Gasteiger partial charge in [-0.3, -0.25) is 37.7 Å². The number of aryl methyl sites for hydroxylation is 1. The number of ether oxygens (including phenoxy) is 3. The Kier molecular flexibility index (Phi) is 12.0. The fourth-order valence-corrected chi connectivity index (χ4v) is 8.71. The molecule has 4 aromatic heterocycles. The predicted molar refractivity (Wildman–Crippen MR) is 171 cm³/mol. The summed E-state index contributed by atoms with van der Waals surface area (Å²) in [6, 6.07) is 0. The zero-order valence-corrected chi connectivity index (χ0v) is 29.9. The molecule has 0 spiro atoms. The minimum Gasteiger partial charge on any atom is -0.394 e. The minimum atomic E-state index is -5.97. The molecule has 53 heavy (non-hydrogen) atoms. The van der Waals surface area contributed by atoms with Crippen LogP contribution < -0.4 is 27.2 Å². The van der Waals surface area contributed by atoms with E-state index in [1.54, 1.807) is 0 Å². The number of anilines is 2. The summed E-state index contributed by atoms with van der Waals surface area (Å²) in [4.78, 5) is 71.0. The summed E-state index contributed by atoms with van der Waals surface area (Å²) in [5.41, 5.74) is 9.68. The maximum Gasteiger partial charge on any atom is 0.490 e. The second-order valence-electron chi connectivity index (χ2n) is 11.0. The molecule has 4 aromatic rings. The van der Waals surface area contributed by atoms with E-state index in [-0.39, 0.29) is 34.2 Å². The van der Waals surface area contributed by atoms with E-state index in [4.69, 9.17) is 25.7 Å². The zero-order valence-electron chi connectivity index (χ0n) is 27.2. The highest BCUT2D eigenvalue weighted by atomic mass is 31.3. The number of rotatable bonds is 17. The number of H-pyrrole nitrogens is 2. The molecule has 0 aromatic carbocycles. The van der Waals surface area contributed by atoms with E-state index in [1.807, 2.05) is 0 Å². The van der Waals surface area contributed by atoms with Gasteiger partial charge in [-0.25, -0.2) is 23.2 Å². The van der Waals surface area contributed by atoms with Gasteiger partial charge in [-0.1, -0.05) is 4.98 Å². The zero-order chi connectivity index (χ0) is 39.0. The Morgan fingerprint density at radius 3 is 2.28 bits per heavy atom. The van der Waals surface area contributed by atoms with Crippen molar-refractivity contribution in [2.45, 2.75) is 36.9 Å². The van der Waals surface area contributed by atoms with Crippen molar-refractivity contribution in [3.05, 3.63) is 33.4 Å². The van der Waals surface area contributed by atoms with Crippen molar-refractivity contribution in [3.8, 4) is 0 Å². The third-order valence-electron chi connectivity index (χ3n) is 7.36. The Morgan fingerprint density at radius 2 is 1.64 bits per heavy atom. The van der Waals surface area contributed by atoms with E-state index < -0.39 is 97.9 Å². The molecule has 1 aliphatic rings. The molecule has 0 bridgehead atoms. The first kappa shape index (κ1) is 40.7. The van der Waals surface area contributed by atoms with Crippen LogP contribution >= 0.6 is 23.5 Å². The van der Waals surface area contributed by atoms with Gasteiger partial charge >= 0.3 is 29.1 Å². The fraction of sp³-hybridized carbons (Fsp3) is 0.545. The number of aliphatic hydroxyl groups excluding tert-OH is 3. The number of aliphatic hydroxyl groups is 3. The van der Waals surface area contributed by atoms with Crippen molar-refractivity contribution in [3.63, 3.8) is 0 Å². The molecule has 0 radical (unpaired) electrons. The summed E-state index contributed by atoms with van der Waals surface area (Å²) >= 11 is 0. The van der Waals surface area contributed by atoms with Crippen LogP contribution in [0.25, 0.3) is 22.3 Å². The molecule has 31 heteroatoms. The average Bonchev–Trinajstić information content (AvgIpc) is 3.71. The number of hydrogen-bond acceptors (Lipinski definition) is 20. The molecule has 4 unspecified atom stereocenters. The van der Waals surface area contributed by atoms with E-state index in [2.05, 4.69) is 42.6 Å². The molecular formula is C22H34N10O18P3+. The van der Waals surface area contributed by atoms with Crippen LogP contribution in [0.3, 0.4) is 0 Å². The summed E-state index contributed by atoms with van der Waals surface area (Å²) in [5.74, 6) is -0.533. The molecule has 294 valence electrons. The number of phosphoric acid groups is 3. The number of aromatic nitrogens is 8. The molecule has 0 saturated carbocycles. The molecule has 1 fully saturated rings. The summed E-state index contributed by atoms with van der Waals surface area (Å²) in [5, 5.41) is 30.4. The van der Waals surface area contributed by atoms with Crippen molar-refractivity contribution >= 4 is 57.7 Å². The number of nitrogen functional groups attached to an aromatic ring is 2. The number of hydrogen-bond donors (Lipinski definition) is 10. The Balaban J connectivity index is 1.18. The van der Waals surface area contributed by atoms with Gasteiger partial charge < -0.3 is 55.7 Å². The summed E-state index contributed by atoms with van der Waals surface area (Å²) in [6.07, 6.45) is -6.06. The molecule has 12 N–H and O–H groups in total. The largest absolute Gasteiger partial charge is 0.490 e. The number of nitrogens with one attached hydrogen (secondary N) is 2. The van der Waals surface area contributed by atoms with Crippen LogP contribution in [0, 0.1) is 0 Å². The number of phosphoric ester groups is 2. The molecular weight excluding hydrogens is 785 g/mol. The van der Waals surface area contributed by atoms with E-state index >= 15 is 0 Å². The lowest BCUT2D eigenvalue weighted by Gasteiger charge is -2.23. The predicted octanol–water partition coefficient (Wildman–Crippen LogP) is -3.64. The second-order valence-corrected chi connectivity index (χ2v) is 15.7. The van der Waals surface area contributed by atoms with Gasteiger partial charge in [-0.05, 0) is 0 Å². The number of fused-ring (bicyclic) bond motifs is 2.